The molecule has 1 aromatic carbocycles. The second kappa shape index (κ2) is 2.75. The van der Waals surface area contributed by atoms with Crippen LogP contribution in [0.15, 0.2) is 24.4 Å². The van der Waals surface area contributed by atoms with Crippen LogP contribution >= 0.6 is 11.6 Å². The van der Waals surface area contributed by atoms with Gasteiger partial charge in [0.15, 0.2) is 0 Å². The molecular formula is C10H7ClN2O. The highest BCUT2D eigenvalue weighted by atomic mass is 35.5. The van der Waals surface area contributed by atoms with E-state index in [1.54, 1.807) is 6.20 Å². The Morgan fingerprint density at radius 3 is 3.29 bits per heavy atom. The zero-order valence-corrected chi connectivity index (χ0v) is 8.01. The Morgan fingerprint density at radius 2 is 2.36 bits per heavy atom. The van der Waals surface area contributed by atoms with Crippen molar-refractivity contribution in [3.05, 3.63) is 35.0 Å². The highest BCUT2D eigenvalue weighted by molar-refractivity contribution is 6.31. The molecule has 0 fully saturated rings. The first-order valence-electron chi connectivity index (χ1n) is 4.29. The van der Waals surface area contributed by atoms with Crippen LogP contribution in [0.3, 0.4) is 0 Å². The summed E-state index contributed by atoms with van der Waals surface area (Å²) < 4.78 is 5.54. The van der Waals surface area contributed by atoms with Crippen LogP contribution in [-0.4, -0.2) is 10.2 Å². The summed E-state index contributed by atoms with van der Waals surface area (Å²) in [6.45, 7) is 0.570. The minimum absolute atomic E-state index is 0.570. The van der Waals surface area contributed by atoms with Crippen LogP contribution in [0.4, 0.5) is 0 Å². The fourth-order valence-electron chi connectivity index (χ4n) is 1.63. The molecule has 1 aliphatic heterocycles. The van der Waals surface area contributed by atoms with Crippen LogP contribution in [0.1, 0.15) is 5.56 Å². The monoisotopic (exact) mass is 206 g/mol. The molecule has 0 saturated heterocycles. The first-order valence-corrected chi connectivity index (χ1v) is 4.67. The zero-order chi connectivity index (χ0) is 9.54. The zero-order valence-electron chi connectivity index (χ0n) is 7.25. The summed E-state index contributed by atoms with van der Waals surface area (Å²) in [5.74, 6) is 0.853. The highest BCUT2D eigenvalue weighted by Gasteiger charge is 2.18. The molecule has 2 heterocycles. The Balaban J connectivity index is 2.28. The maximum atomic E-state index is 5.92. The number of nitrogens with one attached hydrogen (secondary N) is 1. The van der Waals surface area contributed by atoms with Crippen LogP contribution < -0.4 is 4.74 Å². The Kier molecular flexibility index (Phi) is 1.55. The van der Waals surface area contributed by atoms with Crippen molar-refractivity contribution < 1.29 is 4.74 Å². The van der Waals surface area contributed by atoms with E-state index in [-0.39, 0.29) is 0 Å². The number of aromatic nitrogens is 2. The predicted octanol–water partition coefficient (Wildman–Crippen LogP) is 2.62. The van der Waals surface area contributed by atoms with Gasteiger partial charge >= 0.3 is 0 Å². The normalized spacial score (nSPS) is 12.9. The summed E-state index contributed by atoms with van der Waals surface area (Å²) in [7, 11) is 0. The van der Waals surface area contributed by atoms with E-state index in [1.807, 2.05) is 18.2 Å². The van der Waals surface area contributed by atoms with E-state index in [2.05, 4.69) is 10.2 Å². The summed E-state index contributed by atoms with van der Waals surface area (Å²) in [4.78, 5) is 0. The van der Waals surface area contributed by atoms with Crippen LogP contribution in [-0.2, 0) is 6.61 Å². The number of H-pyrrole nitrogens is 1. The molecular weight excluding hydrogens is 200 g/mol. The lowest BCUT2D eigenvalue weighted by Gasteiger charge is -2.16. The molecule has 1 N–H and O–H groups in total. The Hall–Kier alpha value is -1.48. The van der Waals surface area contributed by atoms with Crippen LogP contribution in [0, 0.1) is 0 Å². The average molecular weight is 207 g/mol. The first kappa shape index (κ1) is 7.88. The van der Waals surface area contributed by atoms with Gasteiger partial charge in [0.05, 0.1) is 11.9 Å². The fourth-order valence-corrected chi connectivity index (χ4v) is 1.80. The molecule has 0 spiro atoms. The standard InChI is InChI=1S/C10H7ClN2O/c11-7-1-2-9-8(3-7)10-6(5-14-9)4-12-13-10/h1-4H,5H2,(H,12,13). The third kappa shape index (κ3) is 1.02. The van der Waals surface area contributed by atoms with Crippen LogP contribution in [0.5, 0.6) is 5.75 Å². The lowest BCUT2D eigenvalue weighted by molar-refractivity contribution is 0.302. The van der Waals surface area contributed by atoms with Gasteiger partial charge in [-0.05, 0) is 18.2 Å². The van der Waals surface area contributed by atoms with Crippen LogP contribution in [0.25, 0.3) is 11.3 Å². The number of hydrogen-bond acceptors (Lipinski definition) is 2. The lowest BCUT2D eigenvalue weighted by atomic mass is 10.1. The number of fused-ring (bicyclic) bond motifs is 3. The first-order chi connectivity index (χ1) is 6.84. The number of halogens is 1. The van der Waals surface area contributed by atoms with E-state index >= 15 is 0 Å². The third-order valence-corrected chi connectivity index (χ3v) is 2.55. The summed E-state index contributed by atoms with van der Waals surface area (Å²) >= 11 is 5.92. The quantitative estimate of drug-likeness (QED) is 0.720. The van der Waals surface area contributed by atoms with Gasteiger partial charge in [-0.15, -0.1) is 0 Å². The summed E-state index contributed by atoms with van der Waals surface area (Å²) in [6.07, 6.45) is 1.78. The van der Waals surface area contributed by atoms with Crippen molar-refractivity contribution >= 4 is 11.6 Å². The second-order valence-electron chi connectivity index (χ2n) is 3.20. The average Bonchev–Trinajstić information content (AvgIpc) is 2.65. The molecule has 0 unspecified atom stereocenters. The predicted molar refractivity (Wildman–Crippen MR) is 53.4 cm³/mol. The lowest BCUT2D eigenvalue weighted by Crippen LogP contribution is -2.03. The molecule has 0 amide bonds. The van der Waals surface area contributed by atoms with Crippen molar-refractivity contribution in [3.8, 4) is 17.0 Å². The molecule has 70 valence electrons. The van der Waals surface area contributed by atoms with Gasteiger partial charge in [-0.1, -0.05) is 11.6 Å². The van der Waals surface area contributed by atoms with E-state index < -0.39 is 0 Å². The molecule has 14 heavy (non-hydrogen) atoms. The highest BCUT2D eigenvalue weighted by Crippen LogP contribution is 2.37. The number of ether oxygens (including phenoxy) is 1. The summed E-state index contributed by atoms with van der Waals surface area (Å²) in [5.41, 5.74) is 3.06. The smallest absolute Gasteiger partial charge is 0.129 e. The van der Waals surface area contributed by atoms with Gasteiger partial charge in [-0.2, -0.15) is 5.10 Å². The van der Waals surface area contributed by atoms with Crippen molar-refractivity contribution in [1.29, 1.82) is 0 Å². The number of rotatable bonds is 0. The fraction of sp³-hybridized carbons (Fsp3) is 0.100. The van der Waals surface area contributed by atoms with Crippen molar-refractivity contribution in [2.75, 3.05) is 0 Å². The maximum absolute atomic E-state index is 5.92. The minimum atomic E-state index is 0.570. The molecule has 0 radical (unpaired) electrons. The number of benzene rings is 1. The van der Waals surface area contributed by atoms with E-state index in [9.17, 15) is 0 Å². The second-order valence-corrected chi connectivity index (χ2v) is 3.64. The number of hydrogen-bond donors (Lipinski definition) is 1. The van der Waals surface area contributed by atoms with Gasteiger partial charge in [0, 0.05) is 16.1 Å². The van der Waals surface area contributed by atoms with Gasteiger partial charge in [-0.3, -0.25) is 5.10 Å². The topological polar surface area (TPSA) is 37.9 Å². The van der Waals surface area contributed by atoms with Crippen molar-refractivity contribution in [2.45, 2.75) is 6.61 Å². The molecule has 1 aromatic heterocycles. The minimum Gasteiger partial charge on any atom is -0.488 e. The van der Waals surface area contributed by atoms with E-state index in [4.69, 9.17) is 16.3 Å². The number of aromatic amines is 1. The number of nitrogens with zero attached hydrogens (tertiary/aromatic N) is 1. The SMILES string of the molecule is Clc1ccc2c(c1)-c1[nH]ncc1CO2. The van der Waals surface area contributed by atoms with Crippen molar-refractivity contribution in [1.82, 2.24) is 10.2 Å². The molecule has 0 aliphatic carbocycles. The van der Waals surface area contributed by atoms with E-state index in [0.717, 1.165) is 22.6 Å². The molecule has 3 rings (SSSR count). The molecule has 1 aliphatic rings. The van der Waals surface area contributed by atoms with Gasteiger partial charge in [-0.25, -0.2) is 0 Å². The third-order valence-electron chi connectivity index (χ3n) is 2.31. The largest absolute Gasteiger partial charge is 0.488 e. The molecule has 0 saturated carbocycles. The molecule has 4 heteroatoms. The molecule has 0 bridgehead atoms. The van der Waals surface area contributed by atoms with E-state index in [0.29, 0.717) is 11.6 Å². The Morgan fingerprint density at radius 1 is 1.43 bits per heavy atom. The van der Waals surface area contributed by atoms with Crippen LogP contribution in [0.2, 0.25) is 5.02 Å². The van der Waals surface area contributed by atoms with Gasteiger partial charge in [0.1, 0.15) is 12.4 Å². The Bertz CT molecular complexity index is 493. The van der Waals surface area contributed by atoms with Gasteiger partial charge < -0.3 is 4.74 Å². The molecule has 2 aromatic rings. The van der Waals surface area contributed by atoms with Gasteiger partial charge in [0.25, 0.3) is 0 Å². The van der Waals surface area contributed by atoms with Gasteiger partial charge in [0.2, 0.25) is 0 Å². The molecule has 0 atom stereocenters. The molecule has 3 nitrogen and oxygen atoms in total. The van der Waals surface area contributed by atoms with E-state index in [1.165, 1.54) is 0 Å². The summed E-state index contributed by atoms with van der Waals surface area (Å²) in [5, 5.41) is 7.64. The Labute approximate surface area is 85.7 Å². The summed E-state index contributed by atoms with van der Waals surface area (Å²) in [6, 6.07) is 5.58. The maximum Gasteiger partial charge on any atom is 0.129 e. The van der Waals surface area contributed by atoms with Crippen molar-refractivity contribution in [3.63, 3.8) is 0 Å². The van der Waals surface area contributed by atoms with Crippen molar-refractivity contribution in [2.24, 2.45) is 0 Å².